The van der Waals surface area contributed by atoms with Crippen molar-refractivity contribution < 1.29 is 19.5 Å². The van der Waals surface area contributed by atoms with Gasteiger partial charge in [0.05, 0.1) is 12.7 Å². The monoisotopic (exact) mass is 298 g/mol. The second-order valence-corrected chi connectivity index (χ2v) is 4.55. The number of urea groups is 1. The fourth-order valence-corrected chi connectivity index (χ4v) is 1.33. The van der Waals surface area contributed by atoms with Gasteiger partial charge in [-0.1, -0.05) is 5.21 Å². The minimum atomic E-state index is -1.16. The number of aromatic nitrogens is 3. The molecule has 2 N–H and O–H groups in total. The number of carboxylic acids is 1. The molecule has 21 heavy (non-hydrogen) atoms. The fourth-order valence-electron chi connectivity index (χ4n) is 1.33. The molecule has 0 saturated heterocycles. The van der Waals surface area contributed by atoms with E-state index in [2.05, 4.69) is 15.6 Å². The van der Waals surface area contributed by atoms with E-state index in [0.717, 1.165) is 0 Å². The number of hydrogen-bond donors (Lipinski definition) is 2. The lowest BCUT2D eigenvalue weighted by molar-refractivity contribution is -0.129. The zero-order valence-electron chi connectivity index (χ0n) is 12.1. The zero-order valence-corrected chi connectivity index (χ0v) is 12.1. The van der Waals surface area contributed by atoms with E-state index in [-0.39, 0.29) is 31.2 Å². The molecule has 0 atom stereocenters. The number of carbonyl (C=O) groups excluding carboxylic acids is 2. The smallest absolute Gasteiger partial charge is 0.358 e. The molecule has 10 heteroatoms. The molecule has 0 spiro atoms. The van der Waals surface area contributed by atoms with Crippen molar-refractivity contribution in [1.29, 1.82) is 0 Å². The van der Waals surface area contributed by atoms with E-state index in [1.165, 1.54) is 27.7 Å². The summed E-state index contributed by atoms with van der Waals surface area (Å²) in [5.74, 6) is -1.35. The highest BCUT2D eigenvalue weighted by molar-refractivity contribution is 5.84. The van der Waals surface area contributed by atoms with E-state index >= 15 is 0 Å². The molecule has 0 radical (unpaired) electrons. The van der Waals surface area contributed by atoms with Crippen molar-refractivity contribution in [1.82, 2.24) is 30.1 Å². The highest BCUT2D eigenvalue weighted by atomic mass is 16.4. The van der Waals surface area contributed by atoms with Crippen LogP contribution in [0.5, 0.6) is 0 Å². The predicted molar refractivity (Wildman–Crippen MR) is 71.7 cm³/mol. The topological polar surface area (TPSA) is 121 Å². The quantitative estimate of drug-likeness (QED) is 0.674. The van der Waals surface area contributed by atoms with Crippen LogP contribution in [-0.4, -0.2) is 82.0 Å². The van der Waals surface area contributed by atoms with Crippen molar-refractivity contribution in [2.75, 3.05) is 34.2 Å². The average Bonchev–Trinajstić information content (AvgIpc) is 2.87. The maximum absolute atomic E-state index is 11.7. The third kappa shape index (κ3) is 5.09. The molecule has 10 nitrogen and oxygen atoms in total. The van der Waals surface area contributed by atoms with Gasteiger partial charge in [0.25, 0.3) is 0 Å². The van der Waals surface area contributed by atoms with Gasteiger partial charge in [0.2, 0.25) is 5.91 Å². The normalized spacial score (nSPS) is 10.0. The number of likely N-dealkylation sites (N-methyl/N-ethyl adjacent to an activating group) is 2. The van der Waals surface area contributed by atoms with Crippen molar-refractivity contribution in [2.45, 2.75) is 6.54 Å². The SMILES string of the molecule is CN(C)C(=O)CN(C)C(=O)NCCn1cc(C(=O)O)nn1. The summed E-state index contributed by atoms with van der Waals surface area (Å²) in [6.45, 7) is 0.495. The summed E-state index contributed by atoms with van der Waals surface area (Å²) in [6, 6.07) is -0.399. The Morgan fingerprint density at radius 3 is 2.52 bits per heavy atom. The van der Waals surface area contributed by atoms with Crippen LogP contribution in [-0.2, 0) is 11.3 Å². The van der Waals surface area contributed by atoms with E-state index in [1.54, 1.807) is 14.1 Å². The Morgan fingerprint density at radius 1 is 1.33 bits per heavy atom. The summed E-state index contributed by atoms with van der Waals surface area (Å²) >= 11 is 0. The number of nitrogens with zero attached hydrogens (tertiary/aromatic N) is 5. The van der Waals surface area contributed by atoms with Gasteiger partial charge in [-0.15, -0.1) is 5.10 Å². The van der Waals surface area contributed by atoms with E-state index < -0.39 is 12.0 Å². The number of rotatable bonds is 6. The van der Waals surface area contributed by atoms with Gasteiger partial charge in [-0.05, 0) is 0 Å². The van der Waals surface area contributed by atoms with Crippen molar-refractivity contribution in [2.24, 2.45) is 0 Å². The van der Waals surface area contributed by atoms with Crippen LogP contribution < -0.4 is 5.32 Å². The molecule has 0 aromatic carbocycles. The van der Waals surface area contributed by atoms with Crippen LogP contribution in [0.25, 0.3) is 0 Å². The second kappa shape index (κ2) is 7.22. The highest BCUT2D eigenvalue weighted by Gasteiger charge is 2.13. The van der Waals surface area contributed by atoms with Crippen molar-refractivity contribution in [3.05, 3.63) is 11.9 Å². The Morgan fingerprint density at radius 2 is 2.00 bits per heavy atom. The summed E-state index contributed by atoms with van der Waals surface area (Å²) in [7, 11) is 4.73. The molecule has 1 aromatic rings. The molecule has 1 heterocycles. The lowest BCUT2D eigenvalue weighted by Crippen LogP contribution is -2.43. The minimum absolute atomic E-state index is 0.0225. The molecule has 0 bridgehead atoms. The molecule has 0 aliphatic rings. The van der Waals surface area contributed by atoms with E-state index in [1.807, 2.05) is 0 Å². The first-order chi connectivity index (χ1) is 9.81. The summed E-state index contributed by atoms with van der Waals surface area (Å²) in [4.78, 5) is 36.4. The van der Waals surface area contributed by atoms with Gasteiger partial charge < -0.3 is 20.2 Å². The zero-order chi connectivity index (χ0) is 16.0. The van der Waals surface area contributed by atoms with Crippen LogP contribution in [0.4, 0.5) is 4.79 Å². The van der Waals surface area contributed by atoms with E-state index in [0.29, 0.717) is 0 Å². The first kappa shape index (κ1) is 16.4. The summed E-state index contributed by atoms with van der Waals surface area (Å²) in [5, 5.41) is 18.3. The van der Waals surface area contributed by atoms with Gasteiger partial charge in [0.1, 0.15) is 6.54 Å². The van der Waals surface area contributed by atoms with Crippen LogP contribution in [0.1, 0.15) is 10.5 Å². The average molecular weight is 298 g/mol. The highest BCUT2D eigenvalue weighted by Crippen LogP contribution is 1.92. The van der Waals surface area contributed by atoms with Gasteiger partial charge in [-0.2, -0.15) is 0 Å². The summed E-state index contributed by atoms with van der Waals surface area (Å²) < 4.78 is 1.31. The molecular weight excluding hydrogens is 280 g/mol. The molecular formula is C11H18N6O4. The van der Waals surface area contributed by atoms with Gasteiger partial charge in [-0.3, -0.25) is 4.79 Å². The van der Waals surface area contributed by atoms with Gasteiger partial charge >= 0.3 is 12.0 Å². The van der Waals surface area contributed by atoms with Crippen LogP contribution in [0, 0.1) is 0 Å². The first-order valence-electron chi connectivity index (χ1n) is 6.13. The maximum Gasteiger partial charge on any atom is 0.358 e. The molecule has 3 amide bonds. The van der Waals surface area contributed by atoms with Crippen molar-refractivity contribution in [3.63, 3.8) is 0 Å². The number of hydrogen-bond acceptors (Lipinski definition) is 5. The van der Waals surface area contributed by atoms with Crippen molar-refractivity contribution in [3.8, 4) is 0 Å². The standard InChI is InChI=1S/C11H18N6O4/c1-15(2)9(18)7-16(3)11(21)12-4-5-17-6-8(10(19)20)13-14-17/h6H,4-5,7H2,1-3H3,(H,12,21)(H,19,20). The Bertz CT molecular complexity index is 527. The van der Waals surface area contributed by atoms with Gasteiger partial charge in [0.15, 0.2) is 5.69 Å². The molecule has 0 aliphatic carbocycles. The van der Waals surface area contributed by atoms with E-state index in [9.17, 15) is 14.4 Å². The lowest BCUT2D eigenvalue weighted by atomic mass is 10.5. The lowest BCUT2D eigenvalue weighted by Gasteiger charge is -2.19. The predicted octanol–water partition coefficient (Wildman–Crippen LogP) is -1.29. The molecule has 0 unspecified atom stereocenters. The Kier molecular flexibility index (Phi) is 5.64. The largest absolute Gasteiger partial charge is 0.476 e. The molecule has 0 fully saturated rings. The van der Waals surface area contributed by atoms with Gasteiger partial charge in [0, 0.05) is 27.7 Å². The fraction of sp³-hybridized carbons (Fsp3) is 0.545. The second-order valence-electron chi connectivity index (χ2n) is 4.55. The number of aromatic carboxylic acids is 1. The molecule has 1 aromatic heterocycles. The van der Waals surface area contributed by atoms with Crippen LogP contribution in [0.15, 0.2) is 6.20 Å². The van der Waals surface area contributed by atoms with Crippen LogP contribution in [0.3, 0.4) is 0 Å². The Hall–Kier alpha value is -2.65. The first-order valence-corrected chi connectivity index (χ1v) is 6.13. The Balaban J connectivity index is 2.35. The molecule has 1 rings (SSSR count). The third-order valence-corrected chi connectivity index (χ3v) is 2.59. The van der Waals surface area contributed by atoms with Crippen LogP contribution >= 0.6 is 0 Å². The molecule has 116 valence electrons. The molecule has 0 aliphatic heterocycles. The number of amides is 3. The summed E-state index contributed by atoms with van der Waals surface area (Å²) in [6.07, 6.45) is 1.27. The number of carbonyl (C=O) groups is 3. The van der Waals surface area contributed by atoms with Crippen LogP contribution in [0.2, 0.25) is 0 Å². The Labute approximate surface area is 121 Å². The van der Waals surface area contributed by atoms with Gasteiger partial charge in [-0.25, -0.2) is 14.3 Å². The minimum Gasteiger partial charge on any atom is -0.476 e. The maximum atomic E-state index is 11.7. The van der Waals surface area contributed by atoms with E-state index in [4.69, 9.17) is 5.11 Å². The molecule has 0 saturated carbocycles. The number of carboxylic acid groups (broad SMARTS) is 1. The summed E-state index contributed by atoms with van der Waals surface area (Å²) in [5.41, 5.74) is -0.157. The third-order valence-electron chi connectivity index (χ3n) is 2.59. The number of nitrogens with one attached hydrogen (secondary N) is 1. The van der Waals surface area contributed by atoms with Crippen molar-refractivity contribution >= 4 is 17.9 Å².